The molecule has 0 saturated carbocycles. The monoisotopic (exact) mass is 276 g/mol. The molecule has 1 aromatic carbocycles. The first-order chi connectivity index (χ1) is 9.74. The number of methoxy groups -OCH3 is 1. The van der Waals surface area contributed by atoms with Crippen LogP contribution in [0.15, 0.2) is 34.9 Å². The lowest BCUT2D eigenvalue weighted by atomic mass is 10.0. The van der Waals surface area contributed by atoms with Gasteiger partial charge in [-0.05, 0) is 12.5 Å². The molecule has 0 aliphatic carbocycles. The summed E-state index contributed by atoms with van der Waals surface area (Å²) in [5, 5.41) is 3.93. The average molecular weight is 276 g/mol. The maximum atomic E-state index is 6.08. The second kappa shape index (κ2) is 7.07. The number of nitrogens with two attached hydrogens (primary N) is 1. The van der Waals surface area contributed by atoms with Crippen molar-refractivity contribution in [1.29, 1.82) is 0 Å². The van der Waals surface area contributed by atoms with Gasteiger partial charge in [-0.3, -0.25) is 0 Å². The standard InChI is InChI=1S/C15H20N2O3/c1-3-14(16)13-6-4-5-7-15(13)19-9-11-8-12(10-18-2)20-17-11/h4-8,14H,3,9-10,16H2,1-2H3. The van der Waals surface area contributed by atoms with E-state index in [0.29, 0.717) is 19.0 Å². The lowest BCUT2D eigenvalue weighted by Crippen LogP contribution is -2.10. The van der Waals surface area contributed by atoms with Gasteiger partial charge >= 0.3 is 0 Å². The second-order valence-electron chi connectivity index (χ2n) is 4.56. The van der Waals surface area contributed by atoms with Crippen LogP contribution < -0.4 is 10.5 Å². The van der Waals surface area contributed by atoms with Crippen molar-refractivity contribution in [2.45, 2.75) is 32.6 Å². The van der Waals surface area contributed by atoms with E-state index in [1.807, 2.05) is 30.3 Å². The Bertz CT molecular complexity index is 539. The molecule has 0 fully saturated rings. The molecular formula is C15H20N2O3. The zero-order valence-corrected chi connectivity index (χ0v) is 11.8. The van der Waals surface area contributed by atoms with E-state index in [4.69, 9.17) is 19.7 Å². The first kappa shape index (κ1) is 14.6. The van der Waals surface area contributed by atoms with Crippen molar-refractivity contribution in [2.75, 3.05) is 7.11 Å². The molecular weight excluding hydrogens is 256 g/mol. The quantitative estimate of drug-likeness (QED) is 0.842. The highest BCUT2D eigenvalue weighted by atomic mass is 16.5. The van der Waals surface area contributed by atoms with Crippen LogP contribution in [0.4, 0.5) is 0 Å². The highest BCUT2D eigenvalue weighted by Gasteiger charge is 2.11. The van der Waals surface area contributed by atoms with Gasteiger partial charge in [0.2, 0.25) is 0 Å². The summed E-state index contributed by atoms with van der Waals surface area (Å²) in [4.78, 5) is 0. The molecule has 1 aromatic heterocycles. The Balaban J connectivity index is 2.02. The summed E-state index contributed by atoms with van der Waals surface area (Å²) in [6.07, 6.45) is 0.863. The zero-order valence-electron chi connectivity index (χ0n) is 11.8. The van der Waals surface area contributed by atoms with Crippen molar-refractivity contribution in [2.24, 2.45) is 5.73 Å². The fourth-order valence-electron chi connectivity index (χ4n) is 1.92. The lowest BCUT2D eigenvalue weighted by Gasteiger charge is -2.14. The molecule has 0 radical (unpaired) electrons. The molecule has 20 heavy (non-hydrogen) atoms. The van der Waals surface area contributed by atoms with Crippen LogP contribution in [-0.4, -0.2) is 12.3 Å². The first-order valence-electron chi connectivity index (χ1n) is 6.65. The number of nitrogens with zero attached hydrogens (tertiary/aromatic N) is 1. The van der Waals surface area contributed by atoms with Crippen LogP contribution in [0, 0.1) is 0 Å². The fraction of sp³-hybridized carbons (Fsp3) is 0.400. The number of rotatable bonds is 7. The van der Waals surface area contributed by atoms with Gasteiger partial charge in [-0.2, -0.15) is 0 Å². The van der Waals surface area contributed by atoms with Gasteiger partial charge in [0.15, 0.2) is 5.76 Å². The zero-order chi connectivity index (χ0) is 14.4. The predicted molar refractivity (Wildman–Crippen MR) is 75.2 cm³/mol. The third-order valence-corrected chi connectivity index (χ3v) is 3.03. The maximum absolute atomic E-state index is 6.08. The molecule has 108 valence electrons. The summed E-state index contributed by atoms with van der Waals surface area (Å²) in [5.41, 5.74) is 7.82. The summed E-state index contributed by atoms with van der Waals surface area (Å²) in [6.45, 7) is 2.81. The third-order valence-electron chi connectivity index (χ3n) is 3.03. The van der Waals surface area contributed by atoms with Gasteiger partial charge < -0.3 is 19.7 Å². The van der Waals surface area contributed by atoms with E-state index in [1.165, 1.54) is 0 Å². The van der Waals surface area contributed by atoms with Crippen LogP contribution in [0.1, 0.15) is 36.4 Å². The van der Waals surface area contributed by atoms with E-state index in [2.05, 4.69) is 12.1 Å². The molecule has 0 spiro atoms. The molecule has 0 aliphatic rings. The number of hydrogen-bond acceptors (Lipinski definition) is 5. The van der Waals surface area contributed by atoms with Gasteiger partial charge in [0, 0.05) is 24.8 Å². The largest absolute Gasteiger partial charge is 0.487 e. The van der Waals surface area contributed by atoms with Gasteiger partial charge in [0.05, 0.1) is 0 Å². The Morgan fingerprint density at radius 3 is 2.85 bits per heavy atom. The SMILES string of the molecule is CCC(N)c1ccccc1OCc1cc(COC)on1. The van der Waals surface area contributed by atoms with Gasteiger partial charge in [-0.15, -0.1) is 0 Å². The summed E-state index contributed by atoms with van der Waals surface area (Å²) in [6, 6.07) is 9.60. The van der Waals surface area contributed by atoms with E-state index in [9.17, 15) is 0 Å². The number of hydrogen-bond donors (Lipinski definition) is 1. The van der Waals surface area contributed by atoms with Gasteiger partial charge in [-0.25, -0.2) is 0 Å². The summed E-state index contributed by atoms with van der Waals surface area (Å²) in [5.74, 6) is 1.47. The minimum Gasteiger partial charge on any atom is -0.487 e. The van der Waals surface area contributed by atoms with Crippen LogP contribution in [0.25, 0.3) is 0 Å². The third kappa shape index (κ3) is 3.59. The summed E-state index contributed by atoms with van der Waals surface area (Å²) < 4.78 is 15.9. The minimum absolute atomic E-state index is 0.0208. The fourth-order valence-corrected chi connectivity index (χ4v) is 1.92. The van der Waals surface area contributed by atoms with Crippen LogP contribution in [0.2, 0.25) is 0 Å². The van der Waals surface area contributed by atoms with E-state index in [1.54, 1.807) is 7.11 Å². The Labute approximate surface area is 118 Å². The van der Waals surface area contributed by atoms with Crippen molar-refractivity contribution in [3.05, 3.63) is 47.3 Å². The van der Waals surface area contributed by atoms with Gasteiger partial charge in [-0.1, -0.05) is 30.3 Å². The molecule has 0 aliphatic heterocycles. The highest BCUT2D eigenvalue weighted by molar-refractivity contribution is 5.35. The number of para-hydroxylation sites is 1. The molecule has 1 unspecified atom stereocenters. The maximum Gasteiger partial charge on any atom is 0.162 e. The van der Waals surface area contributed by atoms with Crippen molar-refractivity contribution in [3.63, 3.8) is 0 Å². The van der Waals surface area contributed by atoms with Crippen LogP contribution >= 0.6 is 0 Å². The number of aromatic nitrogens is 1. The van der Waals surface area contributed by atoms with Crippen molar-refractivity contribution in [3.8, 4) is 5.75 Å². The van der Waals surface area contributed by atoms with Crippen LogP contribution in [-0.2, 0) is 18.0 Å². The number of ether oxygens (including phenoxy) is 2. The van der Waals surface area contributed by atoms with Gasteiger partial charge in [0.25, 0.3) is 0 Å². The van der Waals surface area contributed by atoms with E-state index in [0.717, 1.165) is 23.4 Å². The second-order valence-corrected chi connectivity index (χ2v) is 4.56. The molecule has 1 atom stereocenters. The smallest absolute Gasteiger partial charge is 0.162 e. The van der Waals surface area contributed by atoms with E-state index in [-0.39, 0.29) is 6.04 Å². The molecule has 2 N–H and O–H groups in total. The molecule has 2 rings (SSSR count). The minimum atomic E-state index is -0.0208. The number of benzene rings is 1. The Morgan fingerprint density at radius 1 is 1.30 bits per heavy atom. The normalized spacial score (nSPS) is 12.3. The Morgan fingerprint density at radius 2 is 2.10 bits per heavy atom. The lowest BCUT2D eigenvalue weighted by molar-refractivity contribution is 0.155. The molecule has 0 saturated heterocycles. The molecule has 5 heteroatoms. The molecule has 2 aromatic rings. The summed E-state index contributed by atoms with van der Waals surface area (Å²) in [7, 11) is 1.61. The van der Waals surface area contributed by atoms with Crippen molar-refractivity contribution in [1.82, 2.24) is 5.16 Å². The Hall–Kier alpha value is -1.85. The molecule has 1 heterocycles. The van der Waals surface area contributed by atoms with E-state index >= 15 is 0 Å². The topological polar surface area (TPSA) is 70.5 Å². The van der Waals surface area contributed by atoms with Crippen LogP contribution in [0.5, 0.6) is 5.75 Å². The average Bonchev–Trinajstić information content (AvgIpc) is 2.93. The Kier molecular flexibility index (Phi) is 5.15. The highest BCUT2D eigenvalue weighted by Crippen LogP contribution is 2.26. The first-order valence-corrected chi connectivity index (χ1v) is 6.65. The van der Waals surface area contributed by atoms with Crippen molar-refractivity contribution >= 4 is 0 Å². The molecule has 0 bridgehead atoms. The van der Waals surface area contributed by atoms with E-state index < -0.39 is 0 Å². The molecule has 5 nitrogen and oxygen atoms in total. The van der Waals surface area contributed by atoms with Crippen LogP contribution in [0.3, 0.4) is 0 Å². The van der Waals surface area contributed by atoms with Gasteiger partial charge in [0.1, 0.15) is 24.7 Å². The van der Waals surface area contributed by atoms with Crippen molar-refractivity contribution < 1.29 is 14.0 Å². The predicted octanol–water partition coefficient (Wildman–Crippen LogP) is 2.81. The molecule has 0 amide bonds. The summed E-state index contributed by atoms with van der Waals surface area (Å²) >= 11 is 0.